The second kappa shape index (κ2) is 7.23. The molecule has 1 aromatic heterocycles. The molecular formula is C20H20N4O2. The van der Waals surface area contributed by atoms with E-state index in [0.717, 1.165) is 11.1 Å². The SMILES string of the molecule is CC(C)Oc1ccc(NC(=O)c2ccc3nc(C(=N)N)ccc3c2)cc1. The highest BCUT2D eigenvalue weighted by Gasteiger charge is 2.09. The largest absolute Gasteiger partial charge is 0.491 e. The molecule has 0 unspecified atom stereocenters. The fraction of sp³-hybridized carbons (Fsp3) is 0.150. The van der Waals surface area contributed by atoms with Crippen LogP contribution in [0.25, 0.3) is 10.9 Å². The lowest BCUT2D eigenvalue weighted by Crippen LogP contribution is -2.13. The average Bonchev–Trinajstić information content (AvgIpc) is 2.62. The van der Waals surface area contributed by atoms with Crippen molar-refractivity contribution in [1.29, 1.82) is 5.41 Å². The topological polar surface area (TPSA) is 101 Å². The van der Waals surface area contributed by atoms with Gasteiger partial charge in [-0.05, 0) is 62.4 Å². The molecule has 132 valence electrons. The van der Waals surface area contributed by atoms with Crippen molar-refractivity contribution in [3.05, 3.63) is 65.9 Å². The molecular weight excluding hydrogens is 328 g/mol. The molecule has 0 atom stereocenters. The number of nitrogen functional groups attached to an aromatic ring is 1. The van der Waals surface area contributed by atoms with Gasteiger partial charge in [0, 0.05) is 16.6 Å². The van der Waals surface area contributed by atoms with Gasteiger partial charge in [0.15, 0.2) is 0 Å². The van der Waals surface area contributed by atoms with E-state index in [1.54, 1.807) is 42.5 Å². The summed E-state index contributed by atoms with van der Waals surface area (Å²) < 4.78 is 5.59. The normalized spacial score (nSPS) is 10.7. The highest BCUT2D eigenvalue weighted by Crippen LogP contribution is 2.19. The smallest absolute Gasteiger partial charge is 0.255 e. The number of nitrogens with two attached hydrogens (primary N) is 1. The van der Waals surface area contributed by atoms with Crippen LogP contribution in [0.3, 0.4) is 0 Å². The highest BCUT2D eigenvalue weighted by molar-refractivity contribution is 6.06. The third-order valence-electron chi connectivity index (χ3n) is 3.71. The summed E-state index contributed by atoms with van der Waals surface area (Å²) in [6.07, 6.45) is 0.102. The van der Waals surface area contributed by atoms with Gasteiger partial charge in [0.05, 0.1) is 11.6 Å². The van der Waals surface area contributed by atoms with Crippen LogP contribution in [0, 0.1) is 5.41 Å². The monoisotopic (exact) mass is 348 g/mol. The van der Waals surface area contributed by atoms with Gasteiger partial charge in [0.25, 0.3) is 5.91 Å². The molecule has 0 radical (unpaired) electrons. The number of nitrogens with one attached hydrogen (secondary N) is 2. The van der Waals surface area contributed by atoms with Crippen LogP contribution in [0.5, 0.6) is 5.75 Å². The number of hydrogen-bond acceptors (Lipinski definition) is 4. The summed E-state index contributed by atoms with van der Waals surface area (Å²) in [6.45, 7) is 3.92. The maximum absolute atomic E-state index is 12.5. The lowest BCUT2D eigenvalue weighted by Gasteiger charge is -2.11. The van der Waals surface area contributed by atoms with Crippen molar-refractivity contribution in [3.63, 3.8) is 0 Å². The van der Waals surface area contributed by atoms with Gasteiger partial charge in [-0.1, -0.05) is 6.07 Å². The van der Waals surface area contributed by atoms with E-state index in [9.17, 15) is 4.79 Å². The van der Waals surface area contributed by atoms with Crippen LogP contribution < -0.4 is 15.8 Å². The van der Waals surface area contributed by atoms with E-state index in [1.165, 1.54) is 0 Å². The van der Waals surface area contributed by atoms with E-state index in [4.69, 9.17) is 15.9 Å². The zero-order valence-electron chi connectivity index (χ0n) is 14.6. The molecule has 0 aliphatic carbocycles. The fourth-order valence-electron chi connectivity index (χ4n) is 2.51. The number of carbonyl (C=O) groups excluding carboxylic acids is 1. The molecule has 0 aliphatic rings. The van der Waals surface area contributed by atoms with Gasteiger partial charge in [-0.25, -0.2) is 4.98 Å². The molecule has 3 rings (SSSR count). The second-order valence-corrected chi connectivity index (χ2v) is 6.16. The Morgan fingerprint density at radius 3 is 2.50 bits per heavy atom. The standard InChI is InChI=1S/C20H20N4O2/c1-12(2)26-16-7-5-15(6-8-16)23-20(25)14-4-9-17-13(11-14)3-10-18(24-17)19(21)22/h3-12H,1-2H3,(H3,21,22)(H,23,25). The Labute approximate surface area is 151 Å². The zero-order chi connectivity index (χ0) is 18.7. The summed E-state index contributed by atoms with van der Waals surface area (Å²) in [5.41, 5.74) is 7.77. The molecule has 26 heavy (non-hydrogen) atoms. The maximum atomic E-state index is 12.5. The molecule has 0 fully saturated rings. The molecule has 3 aromatic rings. The first-order valence-corrected chi connectivity index (χ1v) is 8.25. The van der Waals surface area contributed by atoms with Gasteiger partial charge in [-0.15, -0.1) is 0 Å². The Morgan fingerprint density at radius 1 is 1.12 bits per heavy atom. The number of carbonyl (C=O) groups is 1. The van der Waals surface area contributed by atoms with Gasteiger partial charge in [-0.2, -0.15) is 0 Å². The van der Waals surface area contributed by atoms with Crippen molar-refractivity contribution in [1.82, 2.24) is 4.98 Å². The number of nitrogens with zero attached hydrogens (tertiary/aromatic N) is 1. The summed E-state index contributed by atoms with van der Waals surface area (Å²) in [5.74, 6) is 0.467. The number of anilines is 1. The van der Waals surface area contributed by atoms with Gasteiger partial charge >= 0.3 is 0 Å². The van der Waals surface area contributed by atoms with Crippen LogP contribution in [0.15, 0.2) is 54.6 Å². The average molecular weight is 348 g/mol. The quantitative estimate of drug-likeness (QED) is 0.485. The van der Waals surface area contributed by atoms with Gasteiger partial charge in [0.2, 0.25) is 0 Å². The molecule has 6 nitrogen and oxygen atoms in total. The third-order valence-corrected chi connectivity index (χ3v) is 3.71. The Kier molecular flexibility index (Phi) is 4.84. The number of benzene rings is 2. The van der Waals surface area contributed by atoms with Gasteiger partial charge < -0.3 is 15.8 Å². The van der Waals surface area contributed by atoms with E-state index >= 15 is 0 Å². The molecule has 0 bridgehead atoms. The number of ether oxygens (including phenoxy) is 1. The van der Waals surface area contributed by atoms with Crippen LogP contribution in [0.2, 0.25) is 0 Å². The fourth-order valence-corrected chi connectivity index (χ4v) is 2.51. The van der Waals surface area contributed by atoms with Gasteiger partial charge in [-0.3, -0.25) is 10.2 Å². The molecule has 0 saturated carbocycles. The van der Waals surface area contributed by atoms with Crippen molar-refractivity contribution >= 4 is 28.3 Å². The molecule has 4 N–H and O–H groups in total. The van der Waals surface area contributed by atoms with Crippen LogP contribution in [0.4, 0.5) is 5.69 Å². The molecule has 6 heteroatoms. The van der Waals surface area contributed by atoms with Crippen molar-refractivity contribution in [2.75, 3.05) is 5.32 Å². The summed E-state index contributed by atoms with van der Waals surface area (Å²) >= 11 is 0. The molecule has 0 aliphatic heterocycles. The summed E-state index contributed by atoms with van der Waals surface area (Å²) in [5, 5.41) is 11.1. The first kappa shape index (κ1) is 17.4. The number of pyridine rings is 1. The Balaban J connectivity index is 1.77. The first-order valence-electron chi connectivity index (χ1n) is 8.25. The predicted octanol–water partition coefficient (Wildman–Crippen LogP) is 3.56. The number of rotatable bonds is 5. The highest BCUT2D eigenvalue weighted by atomic mass is 16.5. The minimum absolute atomic E-state index is 0.0846. The third kappa shape index (κ3) is 3.97. The molecule has 0 spiro atoms. The summed E-state index contributed by atoms with van der Waals surface area (Å²) in [4.78, 5) is 16.8. The van der Waals surface area contributed by atoms with Crippen LogP contribution in [-0.4, -0.2) is 22.8 Å². The molecule has 2 aromatic carbocycles. The Hall–Kier alpha value is -3.41. The van der Waals surface area contributed by atoms with E-state index in [1.807, 2.05) is 26.0 Å². The minimum atomic E-state index is -0.208. The molecule has 1 amide bonds. The number of amides is 1. The van der Waals surface area contributed by atoms with Crippen molar-refractivity contribution < 1.29 is 9.53 Å². The number of aromatic nitrogens is 1. The number of hydrogen-bond donors (Lipinski definition) is 3. The van der Waals surface area contributed by atoms with E-state index in [2.05, 4.69) is 10.3 Å². The van der Waals surface area contributed by atoms with Crippen molar-refractivity contribution in [2.45, 2.75) is 20.0 Å². The van der Waals surface area contributed by atoms with Crippen LogP contribution in [0.1, 0.15) is 29.9 Å². The van der Waals surface area contributed by atoms with Crippen molar-refractivity contribution in [3.8, 4) is 5.75 Å². The molecule has 1 heterocycles. The zero-order valence-corrected chi connectivity index (χ0v) is 14.6. The van der Waals surface area contributed by atoms with Crippen LogP contribution in [-0.2, 0) is 0 Å². The minimum Gasteiger partial charge on any atom is -0.491 e. The van der Waals surface area contributed by atoms with Crippen molar-refractivity contribution in [2.24, 2.45) is 5.73 Å². The molecule has 0 saturated heterocycles. The summed E-state index contributed by atoms with van der Waals surface area (Å²) in [6, 6.07) is 15.9. The van der Waals surface area contributed by atoms with E-state index < -0.39 is 0 Å². The second-order valence-electron chi connectivity index (χ2n) is 6.16. The van der Waals surface area contributed by atoms with Gasteiger partial charge in [0.1, 0.15) is 17.3 Å². The lowest BCUT2D eigenvalue weighted by molar-refractivity contribution is 0.102. The summed E-state index contributed by atoms with van der Waals surface area (Å²) in [7, 11) is 0. The number of amidine groups is 1. The van der Waals surface area contributed by atoms with E-state index in [-0.39, 0.29) is 17.8 Å². The number of fused-ring (bicyclic) bond motifs is 1. The lowest BCUT2D eigenvalue weighted by atomic mass is 10.1. The maximum Gasteiger partial charge on any atom is 0.255 e. The Morgan fingerprint density at radius 2 is 1.85 bits per heavy atom. The van der Waals surface area contributed by atoms with E-state index in [0.29, 0.717) is 22.5 Å². The Bertz CT molecular complexity index is 965. The van der Waals surface area contributed by atoms with Crippen LogP contribution >= 0.6 is 0 Å². The first-order chi connectivity index (χ1) is 12.4. The predicted molar refractivity (Wildman–Crippen MR) is 103 cm³/mol.